The lowest BCUT2D eigenvalue weighted by Gasteiger charge is -2.18. The normalized spacial score (nSPS) is 12.8. The smallest absolute Gasteiger partial charge is 0.354 e. The van der Waals surface area contributed by atoms with Crippen molar-refractivity contribution in [2.45, 2.75) is 39.0 Å². The second-order valence-electron chi connectivity index (χ2n) is 5.96. The van der Waals surface area contributed by atoms with E-state index in [1.54, 1.807) is 20.2 Å². The molecule has 1 aromatic rings. The number of halogens is 4. The maximum absolute atomic E-state index is 12.8. The molecule has 0 fully saturated rings. The van der Waals surface area contributed by atoms with Crippen LogP contribution in [0.15, 0.2) is 29.3 Å². The molecule has 0 radical (unpaired) electrons. The number of guanidine groups is 1. The van der Waals surface area contributed by atoms with Crippen LogP contribution in [-0.4, -0.2) is 43.4 Å². The number of nitrogens with zero attached hydrogens (tertiary/aromatic N) is 2. The van der Waals surface area contributed by atoms with Gasteiger partial charge in [0.05, 0.1) is 18.7 Å². The van der Waals surface area contributed by atoms with Gasteiger partial charge in [-0.2, -0.15) is 13.2 Å². The fourth-order valence-corrected chi connectivity index (χ4v) is 1.82. The second-order valence-corrected chi connectivity index (χ2v) is 5.96. The number of aliphatic imine (C=N–C) groups is 1. The molecule has 1 aromatic carbocycles. The number of carbonyl (C=O) groups is 1. The van der Waals surface area contributed by atoms with Crippen LogP contribution in [0.2, 0.25) is 0 Å². The van der Waals surface area contributed by atoms with Gasteiger partial charge in [-0.1, -0.05) is 19.1 Å². The van der Waals surface area contributed by atoms with E-state index in [0.717, 1.165) is 18.6 Å². The molecule has 0 aliphatic rings. The zero-order valence-electron chi connectivity index (χ0n) is 15.4. The van der Waals surface area contributed by atoms with Crippen LogP contribution in [0.25, 0.3) is 0 Å². The zero-order valence-corrected chi connectivity index (χ0v) is 17.7. The SMILES string of the molecule is CCC(C)NC(=NCc1cccc(C(F)(F)F)c1)NCC(=O)N(C)C.I. The molecule has 9 heteroatoms. The van der Waals surface area contributed by atoms with E-state index < -0.39 is 11.7 Å². The molecule has 0 aliphatic heterocycles. The molecule has 5 nitrogen and oxygen atoms in total. The third kappa shape index (κ3) is 8.72. The maximum atomic E-state index is 12.8. The molecule has 0 saturated heterocycles. The minimum absolute atomic E-state index is 0. The van der Waals surface area contributed by atoms with E-state index in [1.165, 1.54) is 11.0 Å². The molecule has 26 heavy (non-hydrogen) atoms. The van der Waals surface area contributed by atoms with Gasteiger partial charge in [-0.15, -0.1) is 24.0 Å². The van der Waals surface area contributed by atoms with E-state index in [9.17, 15) is 18.0 Å². The molecule has 2 N–H and O–H groups in total. The summed E-state index contributed by atoms with van der Waals surface area (Å²) in [7, 11) is 3.29. The molecule has 0 aromatic heterocycles. The topological polar surface area (TPSA) is 56.7 Å². The van der Waals surface area contributed by atoms with Crippen LogP contribution in [-0.2, 0) is 17.5 Å². The number of nitrogens with one attached hydrogen (secondary N) is 2. The first-order valence-electron chi connectivity index (χ1n) is 8.04. The number of likely N-dealkylation sites (N-methyl/N-ethyl adjacent to an activating group) is 1. The number of hydrogen-bond donors (Lipinski definition) is 2. The zero-order chi connectivity index (χ0) is 19.0. The Kier molecular flexibility index (Phi) is 10.6. The summed E-state index contributed by atoms with van der Waals surface area (Å²) in [6.07, 6.45) is -3.54. The summed E-state index contributed by atoms with van der Waals surface area (Å²) < 4.78 is 38.3. The van der Waals surface area contributed by atoms with Gasteiger partial charge in [0.1, 0.15) is 0 Å². The molecule has 148 valence electrons. The standard InChI is InChI=1S/C17H25F3N4O.HI/c1-5-12(2)23-16(22-11-15(25)24(3)4)21-10-13-7-6-8-14(9-13)17(18,19)20;/h6-9,12H,5,10-11H2,1-4H3,(H2,21,22,23);1H. The fraction of sp³-hybridized carbons (Fsp3) is 0.529. The van der Waals surface area contributed by atoms with Gasteiger partial charge in [0.25, 0.3) is 0 Å². The lowest BCUT2D eigenvalue weighted by atomic mass is 10.1. The van der Waals surface area contributed by atoms with Gasteiger partial charge >= 0.3 is 6.18 Å². The number of benzene rings is 1. The van der Waals surface area contributed by atoms with E-state index in [-0.39, 0.29) is 49.0 Å². The lowest BCUT2D eigenvalue weighted by molar-refractivity contribution is -0.137. The molecule has 1 atom stereocenters. The second kappa shape index (κ2) is 11.2. The number of rotatable bonds is 6. The number of hydrogen-bond acceptors (Lipinski definition) is 2. The monoisotopic (exact) mass is 486 g/mol. The Hall–Kier alpha value is -1.52. The Balaban J connectivity index is 0.00000625. The maximum Gasteiger partial charge on any atom is 0.416 e. The molecule has 1 rings (SSSR count). The average Bonchev–Trinajstić information content (AvgIpc) is 2.56. The summed E-state index contributed by atoms with van der Waals surface area (Å²) >= 11 is 0. The fourth-order valence-electron chi connectivity index (χ4n) is 1.82. The van der Waals surface area contributed by atoms with Crippen molar-refractivity contribution in [1.82, 2.24) is 15.5 Å². The Morgan fingerprint density at radius 2 is 1.96 bits per heavy atom. The number of amides is 1. The van der Waals surface area contributed by atoms with Crippen LogP contribution in [0.5, 0.6) is 0 Å². The molecule has 0 heterocycles. The summed E-state index contributed by atoms with van der Waals surface area (Å²) in [6, 6.07) is 5.17. The highest BCUT2D eigenvalue weighted by Crippen LogP contribution is 2.29. The van der Waals surface area contributed by atoms with E-state index in [2.05, 4.69) is 15.6 Å². The highest BCUT2D eigenvalue weighted by atomic mass is 127. The van der Waals surface area contributed by atoms with Crippen LogP contribution in [0, 0.1) is 0 Å². The predicted octanol–water partition coefficient (Wildman–Crippen LogP) is 3.25. The first-order chi connectivity index (χ1) is 11.6. The summed E-state index contributed by atoms with van der Waals surface area (Å²) in [4.78, 5) is 17.4. The van der Waals surface area contributed by atoms with Crippen molar-refractivity contribution in [1.29, 1.82) is 0 Å². The first kappa shape index (κ1) is 24.5. The summed E-state index contributed by atoms with van der Waals surface area (Å²) in [5, 5.41) is 6.03. The molecule has 0 bridgehead atoms. The van der Waals surface area contributed by atoms with Crippen LogP contribution in [0.3, 0.4) is 0 Å². The quantitative estimate of drug-likeness (QED) is 0.369. The van der Waals surface area contributed by atoms with E-state index >= 15 is 0 Å². The van der Waals surface area contributed by atoms with Crippen LogP contribution in [0.1, 0.15) is 31.4 Å². The summed E-state index contributed by atoms with van der Waals surface area (Å²) in [6.45, 7) is 4.08. The van der Waals surface area contributed by atoms with Gasteiger partial charge in [0.2, 0.25) is 5.91 Å². The molecular formula is C17H26F3IN4O. The van der Waals surface area contributed by atoms with Gasteiger partial charge < -0.3 is 15.5 Å². The van der Waals surface area contributed by atoms with Gasteiger partial charge in [-0.05, 0) is 31.0 Å². The highest BCUT2D eigenvalue weighted by molar-refractivity contribution is 14.0. The molecule has 0 saturated carbocycles. The third-order valence-electron chi connectivity index (χ3n) is 3.58. The highest BCUT2D eigenvalue weighted by Gasteiger charge is 2.30. The van der Waals surface area contributed by atoms with E-state index in [0.29, 0.717) is 11.5 Å². The Labute approximate surface area is 169 Å². The minimum atomic E-state index is -4.38. The van der Waals surface area contributed by atoms with Crippen LogP contribution >= 0.6 is 24.0 Å². The van der Waals surface area contributed by atoms with Crippen molar-refractivity contribution in [3.63, 3.8) is 0 Å². The van der Waals surface area contributed by atoms with Crippen LogP contribution in [0.4, 0.5) is 13.2 Å². The molecule has 1 amide bonds. The summed E-state index contributed by atoms with van der Waals surface area (Å²) in [5.41, 5.74) is -0.258. The minimum Gasteiger partial charge on any atom is -0.354 e. The number of carbonyl (C=O) groups excluding carboxylic acids is 1. The van der Waals surface area contributed by atoms with Crippen molar-refractivity contribution in [2.75, 3.05) is 20.6 Å². The molecule has 0 spiro atoms. The Morgan fingerprint density at radius 1 is 1.31 bits per heavy atom. The third-order valence-corrected chi connectivity index (χ3v) is 3.58. The van der Waals surface area contributed by atoms with Gasteiger partial charge in [0.15, 0.2) is 5.96 Å². The van der Waals surface area contributed by atoms with Gasteiger partial charge in [-0.3, -0.25) is 4.79 Å². The van der Waals surface area contributed by atoms with Gasteiger partial charge in [-0.25, -0.2) is 4.99 Å². The Morgan fingerprint density at radius 3 is 2.50 bits per heavy atom. The molecule has 0 aliphatic carbocycles. The summed E-state index contributed by atoms with van der Waals surface area (Å²) in [5.74, 6) is 0.264. The first-order valence-corrected chi connectivity index (χ1v) is 8.04. The van der Waals surface area contributed by atoms with Crippen molar-refractivity contribution in [3.8, 4) is 0 Å². The van der Waals surface area contributed by atoms with Crippen LogP contribution < -0.4 is 10.6 Å². The largest absolute Gasteiger partial charge is 0.416 e. The molecular weight excluding hydrogens is 460 g/mol. The predicted molar refractivity (Wildman–Crippen MR) is 108 cm³/mol. The van der Waals surface area contributed by atoms with Crippen molar-refractivity contribution in [3.05, 3.63) is 35.4 Å². The number of alkyl halides is 3. The van der Waals surface area contributed by atoms with Crippen molar-refractivity contribution < 1.29 is 18.0 Å². The van der Waals surface area contributed by atoms with Crippen molar-refractivity contribution >= 4 is 35.8 Å². The van der Waals surface area contributed by atoms with Gasteiger partial charge in [0, 0.05) is 20.1 Å². The Bertz CT molecular complexity index is 606. The molecule has 1 unspecified atom stereocenters. The van der Waals surface area contributed by atoms with E-state index in [1.807, 2.05) is 13.8 Å². The van der Waals surface area contributed by atoms with Crippen molar-refractivity contribution in [2.24, 2.45) is 4.99 Å². The van der Waals surface area contributed by atoms with E-state index in [4.69, 9.17) is 0 Å². The lowest BCUT2D eigenvalue weighted by Crippen LogP contribution is -2.45. The average molecular weight is 486 g/mol.